The van der Waals surface area contributed by atoms with Gasteiger partial charge in [0.05, 0.1) is 17.8 Å². The number of anilines is 1. The highest BCUT2D eigenvalue weighted by Gasteiger charge is 2.30. The SMILES string of the molecule is N#Cc1ccc(Cl)cc1N1CCCC(N2CCNCC2=O)C1. The molecule has 1 N–H and O–H groups in total. The van der Waals surface area contributed by atoms with Gasteiger partial charge < -0.3 is 15.1 Å². The summed E-state index contributed by atoms with van der Waals surface area (Å²) in [4.78, 5) is 16.3. The number of hydrogen-bond acceptors (Lipinski definition) is 4. The van der Waals surface area contributed by atoms with Crippen LogP contribution in [0.3, 0.4) is 0 Å². The van der Waals surface area contributed by atoms with Crippen LogP contribution in [0.1, 0.15) is 18.4 Å². The molecule has 2 heterocycles. The van der Waals surface area contributed by atoms with Crippen molar-refractivity contribution in [1.29, 1.82) is 5.26 Å². The number of piperazine rings is 1. The predicted molar refractivity (Wildman–Crippen MR) is 86.0 cm³/mol. The van der Waals surface area contributed by atoms with Gasteiger partial charge in [-0.2, -0.15) is 5.26 Å². The Kier molecular flexibility index (Phi) is 4.51. The fraction of sp³-hybridized carbons (Fsp3) is 0.500. The second-order valence-corrected chi connectivity index (χ2v) is 6.22. The Balaban J connectivity index is 1.80. The molecule has 1 aromatic rings. The van der Waals surface area contributed by atoms with Crippen molar-refractivity contribution in [2.45, 2.75) is 18.9 Å². The van der Waals surface area contributed by atoms with E-state index in [1.165, 1.54) is 0 Å². The molecule has 2 saturated heterocycles. The number of piperidine rings is 1. The first-order valence-corrected chi connectivity index (χ1v) is 8.01. The Labute approximate surface area is 135 Å². The van der Waals surface area contributed by atoms with Gasteiger partial charge in [-0.25, -0.2) is 0 Å². The third kappa shape index (κ3) is 3.03. The lowest BCUT2D eigenvalue weighted by atomic mass is 10.0. The summed E-state index contributed by atoms with van der Waals surface area (Å²) in [7, 11) is 0. The summed E-state index contributed by atoms with van der Waals surface area (Å²) >= 11 is 6.09. The maximum Gasteiger partial charge on any atom is 0.236 e. The number of nitriles is 1. The van der Waals surface area contributed by atoms with E-state index in [1.807, 2.05) is 11.0 Å². The van der Waals surface area contributed by atoms with E-state index in [1.54, 1.807) is 12.1 Å². The Hall–Kier alpha value is -1.77. The van der Waals surface area contributed by atoms with Crippen molar-refractivity contribution in [1.82, 2.24) is 10.2 Å². The number of hydrogen-bond donors (Lipinski definition) is 1. The number of halogens is 1. The van der Waals surface area contributed by atoms with Crippen molar-refractivity contribution < 1.29 is 4.79 Å². The molecule has 1 aromatic carbocycles. The van der Waals surface area contributed by atoms with Crippen molar-refractivity contribution in [3.63, 3.8) is 0 Å². The molecular formula is C16H19ClN4O. The number of carbonyl (C=O) groups is 1. The quantitative estimate of drug-likeness (QED) is 0.900. The molecule has 0 aromatic heterocycles. The minimum Gasteiger partial charge on any atom is -0.368 e. The molecule has 0 spiro atoms. The van der Waals surface area contributed by atoms with E-state index in [0.29, 0.717) is 17.1 Å². The lowest BCUT2D eigenvalue weighted by Crippen LogP contribution is -2.57. The molecule has 0 bridgehead atoms. The summed E-state index contributed by atoms with van der Waals surface area (Å²) in [6.45, 7) is 3.70. The first-order chi connectivity index (χ1) is 10.7. The van der Waals surface area contributed by atoms with E-state index in [9.17, 15) is 10.1 Å². The molecule has 1 atom stereocenters. The van der Waals surface area contributed by atoms with Crippen LogP contribution in [0.5, 0.6) is 0 Å². The summed E-state index contributed by atoms with van der Waals surface area (Å²) < 4.78 is 0. The molecule has 0 radical (unpaired) electrons. The van der Waals surface area contributed by atoms with Gasteiger partial charge in [0, 0.05) is 37.2 Å². The minimum atomic E-state index is 0.171. The number of nitrogens with one attached hydrogen (secondary N) is 1. The molecule has 2 fully saturated rings. The van der Waals surface area contributed by atoms with Crippen LogP contribution in [-0.2, 0) is 4.79 Å². The Morgan fingerprint density at radius 1 is 1.36 bits per heavy atom. The van der Waals surface area contributed by atoms with Crippen LogP contribution < -0.4 is 10.2 Å². The highest BCUT2D eigenvalue weighted by molar-refractivity contribution is 6.30. The van der Waals surface area contributed by atoms with Crippen LogP contribution in [0.15, 0.2) is 18.2 Å². The number of carbonyl (C=O) groups excluding carboxylic acids is 1. The van der Waals surface area contributed by atoms with Crippen LogP contribution >= 0.6 is 11.6 Å². The van der Waals surface area contributed by atoms with E-state index >= 15 is 0 Å². The fourth-order valence-electron chi connectivity index (χ4n) is 3.30. The zero-order valence-corrected chi connectivity index (χ0v) is 13.1. The molecular weight excluding hydrogens is 300 g/mol. The zero-order valence-electron chi connectivity index (χ0n) is 12.4. The predicted octanol–water partition coefficient (Wildman–Crippen LogP) is 1.61. The molecule has 2 aliphatic heterocycles. The lowest BCUT2D eigenvalue weighted by molar-refractivity contribution is -0.134. The lowest BCUT2D eigenvalue weighted by Gasteiger charge is -2.42. The number of amides is 1. The van der Waals surface area contributed by atoms with Gasteiger partial charge in [-0.1, -0.05) is 11.6 Å². The van der Waals surface area contributed by atoms with Crippen LogP contribution in [0.2, 0.25) is 5.02 Å². The molecule has 1 amide bonds. The van der Waals surface area contributed by atoms with E-state index in [-0.39, 0.29) is 11.9 Å². The Bertz CT molecular complexity index is 613. The van der Waals surface area contributed by atoms with E-state index in [4.69, 9.17) is 11.6 Å². The average Bonchev–Trinajstić information content (AvgIpc) is 2.55. The largest absolute Gasteiger partial charge is 0.368 e. The van der Waals surface area contributed by atoms with Gasteiger partial charge in [0.1, 0.15) is 6.07 Å². The maximum atomic E-state index is 12.1. The third-order valence-corrected chi connectivity index (χ3v) is 4.62. The molecule has 2 aliphatic rings. The molecule has 116 valence electrons. The second-order valence-electron chi connectivity index (χ2n) is 5.78. The van der Waals surface area contributed by atoms with Crippen molar-refractivity contribution in [3.05, 3.63) is 28.8 Å². The molecule has 5 nitrogen and oxygen atoms in total. The van der Waals surface area contributed by atoms with Gasteiger partial charge in [-0.05, 0) is 31.0 Å². The zero-order chi connectivity index (χ0) is 15.5. The van der Waals surface area contributed by atoms with Crippen molar-refractivity contribution >= 4 is 23.2 Å². The highest BCUT2D eigenvalue weighted by Crippen LogP contribution is 2.28. The van der Waals surface area contributed by atoms with Crippen molar-refractivity contribution in [2.75, 3.05) is 37.6 Å². The first-order valence-electron chi connectivity index (χ1n) is 7.64. The number of rotatable bonds is 2. The third-order valence-electron chi connectivity index (χ3n) is 4.38. The van der Waals surface area contributed by atoms with E-state index in [2.05, 4.69) is 16.3 Å². The minimum absolute atomic E-state index is 0.171. The normalized spacial score (nSPS) is 22.5. The Morgan fingerprint density at radius 3 is 3.00 bits per heavy atom. The maximum absolute atomic E-state index is 12.1. The van der Waals surface area contributed by atoms with Crippen LogP contribution in [0.25, 0.3) is 0 Å². The molecule has 1 unspecified atom stereocenters. The summed E-state index contributed by atoms with van der Waals surface area (Å²) in [6.07, 6.45) is 2.03. The molecule has 6 heteroatoms. The molecule has 0 saturated carbocycles. The van der Waals surface area contributed by atoms with E-state index < -0.39 is 0 Å². The smallest absolute Gasteiger partial charge is 0.236 e. The highest BCUT2D eigenvalue weighted by atomic mass is 35.5. The van der Waals surface area contributed by atoms with Gasteiger partial charge in [-0.15, -0.1) is 0 Å². The van der Waals surface area contributed by atoms with Crippen LogP contribution in [0.4, 0.5) is 5.69 Å². The fourth-order valence-corrected chi connectivity index (χ4v) is 3.46. The van der Waals surface area contributed by atoms with Crippen LogP contribution in [0, 0.1) is 11.3 Å². The van der Waals surface area contributed by atoms with Gasteiger partial charge in [0.15, 0.2) is 0 Å². The summed E-state index contributed by atoms with van der Waals surface area (Å²) in [5.41, 5.74) is 1.51. The molecule has 3 rings (SSSR count). The monoisotopic (exact) mass is 318 g/mol. The Morgan fingerprint density at radius 2 is 2.23 bits per heavy atom. The summed E-state index contributed by atoms with van der Waals surface area (Å²) in [5.74, 6) is 0.171. The second kappa shape index (κ2) is 6.55. The first kappa shape index (κ1) is 15.1. The number of benzene rings is 1. The molecule has 22 heavy (non-hydrogen) atoms. The topological polar surface area (TPSA) is 59.4 Å². The van der Waals surface area contributed by atoms with Gasteiger partial charge in [-0.3, -0.25) is 4.79 Å². The molecule has 0 aliphatic carbocycles. The summed E-state index contributed by atoms with van der Waals surface area (Å²) in [5, 5.41) is 13.0. The van der Waals surface area contributed by atoms with Gasteiger partial charge in [0.2, 0.25) is 5.91 Å². The summed E-state index contributed by atoms with van der Waals surface area (Å²) in [6, 6.07) is 7.80. The number of nitrogens with zero attached hydrogens (tertiary/aromatic N) is 3. The average molecular weight is 319 g/mol. The standard InChI is InChI=1S/C16H19ClN4O/c17-13-4-3-12(9-18)15(8-13)20-6-1-2-14(11-20)21-7-5-19-10-16(21)22/h3-4,8,14,19H,1-2,5-7,10-11H2. The van der Waals surface area contributed by atoms with E-state index in [0.717, 1.165) is 44.7 Å². The van der Waals surface area contributed by atoms with Crippen molar-refractivity contribution in [2.24, 2.45) is 0 Å². The van der Waals surface area contributed by atoms with Gasteiger partial charge >= 0.3 is 0 Å². The van der Waals surface area contributed by atoms with Crippen LogP contribution in [-0.4, -0.2) is 49.6 Å². The van der Waals surface area contributed by atoms with Crippen molar-refractivity contribution in [3.8, 4) is 6.07 Å². The van der Waals surface area contributed by atoms with Gasteiger partial charge in [0.25, 0.3) is 0 Å².